The third-order valence-corrected chi connectivity index (χ3v) is 6.99. The first-order chi connectivity index (χ1) is 17.2. The predicted octanol–water partition coefficient (Wildman–Crippen LogP) is 6.92. The summed E-state index contributed by atoms with van der Waals surface area (Å²) in [6, 6.07) is 15.6. The molecule has 0 spiro atoms. The topological polar surface area (TPSA) is 60.0 Å². The smallest absolute Gasteiger partial charge is 0.167 e. The number of pyridine rings is 1. The SMILES string of the molecule is CCCCCCc1ccc(-n2c(-c3ccc(N)c(F)c3)nc3c(N4CCCCC4)ccnc32)cc1. The monoisotopic (exact) mass is 471 g/mol. The van der Waals surface area contributed by atoms with Crippen LogP contribution in [0.1, 0.15) is 57.4 Å². The van der Waals surface area contributed by atoms with Crippen LogP contribution < -0.4 is 10.6 Å². The molecule has 1 aliphatic rings. The van der Waals surface area contributed by atoms with E-state index in [0.717, 1.165) is 42.0 Å². The Labute approximate surface area is 206 Å². The zero-order valence-corrected chi connectivity index (χ0v) is 20.5. The van der Waals surface area contributed by atoms with E-state index in [1.54, 1.807) is 6.07 Å². The zero-order valence-electron chi connectivity index (χ0n) is 20.5. The highest BCUT2D eigenvalue weighted by Crippen LogP contribution is 2.34. The number of halogens is 1. The van der Waals surface area contributed by atoms with Gasteiger partial charge in [0.2, 0.25) is 0 Å². The summed E-state index contributed by atoms with van der Waals surface area (Å²) in [6.07, 6.45) is 11.6. The van der Waals surface area contributed by atoms with Gasteiger partial charge in [0.25, 0.3) is 0 Å². The summed E-state index contributed by atoms with van der Waals surface area (Å²) < 4.78 is 16.5. The van der Waals surface area contributed by atoms with E-state index in [2.05, 4.69) is 46.7 Å². The van der Waals surface area contributed by atoms with Crippen LogP contribution in [0, 0.1) is 5.82 Å². The molecule has 0 atom stereocenters. The largest absolute Gasteiger partial charge is 0.396 e. The highest BCUT2D eigenvalue weighted by atomic mass is 19.1. The predicted molar refractivity (Wildman–Crippen MR) is 143 cm³/mol. The molecule has 2 aromatic heterocycles. The molecule has 5 rings (SSSR count). The van der Waals surface area contributed by atoms with Crippen molar-refractivity contribution in [3.05, 3.63) is 66.1 Å². The fraction of sp³-hybridized carbons (Fsp3) is 0.379. The van der Waals surface area contributed by atoms with Gasteiger partial charge in [0.15, 0.2) is 5.65 Å². The molecule has 0 unspecified atom stereocenters. The van der Waals surface area contributed by atoms with Gasteiger partial charge < -0.3 is 10.6 Å². The maximum atomic E-state index is 14.5. The third kappa shape index (κ3) is 4.88. The Bertz CT molecular complexity index is 1290. The molecule has 0 bridgehead atoms. The number of imidazole rings is 1. The van der Waals surface area contributed by atoms with E-state index < -0.39 is 5.82 Å². The Morgan fingerprint density at radius 3 is 2.49 bits per heavy atom. The van der Waals surface area contributed by atoms with Crippen LogP contribution in [0.4, 0.5) is 15.8 Å². The first-order valence-corrected chi connectivity index (χ1v) is 12.9. The average Bonchev–Trinajstić information content (AvgIpc) is 3.29. The molecule has 0 radical (unpaired) electrons. The van der Waals surface area contributed by atoms with E-state index in [-0.39, 0.29) is 5.69 Å². The molecule has 35 heavy (non-hydrogen) atoms. The standard InChI is InChI=1S/C29H34FN5/c1-2-3-4-6-9-21-10-13-23(14-11-21)35-28(22-12-15-25(31)24(30)20-22)33-27-26(16-17-32-29(27)35)34-18-7-5-8-19-34/h10-17,20H,2-9,18-19,31H2,1H3. The van der Waals surface area contributed by atoms with Crippen molar-refractivity contribution in [1.29, 1.82) is 0 Å². The molecule has 2 N–H and O–H groups in total. The van der Waals surface area contributed by atoms with Crippen molar-refractivity contribution in [2.45, 2.75) is 58.3 Å². The number of unbranched alkanes of at least 4 members (excludes halogenated alkanes) is 3. The van der Waals surface area contributed by atoms with Crippen LogP contribution in [-0.4, -0.2) is 27.6 Å². The minimum atomic E-state index is -0.437. The summed E-state index contributed by atoms with van der Waals surface area (Å²) in [4.78, 5) is 12.2. The van der Waals surface area contributed by atoms with Crippen LogP contribution in [0.15, 0.2) is 54.7 Å². The molecule has 6 heteroatoms. The number of aromatic nitrogens is 3. The van der Waals surface area contributed by atoms with Crippen LogP contribution in [-0.2, 0) is 6.42 Å². The van der Waals surface area contributed by atoms with Gasteiger partial charge in [-0.1, -0.05) is 38.3 Å². The van der Waals surface area contributed by atoms with Gasteiger partial charge in [0.05, 0.1) is 11.4 Å². The third-order valence-electron chi connectivity index (χ3n) is 6.99. The van der Waals surface area contributed by atoms with Gasteiger partial charge in [-0.25, -0.2) is 14.4 Å². The Morgan fingerprint density at radius 1 is 0.943 bits per heavy atom. The summed E-state index contributed by atoms with van der Waals surface area (Å²) >= 11 is 0. The number of nitrogens with zero attached hydrogens (tertiary/aromatic N) is 4. The molecule has 1 fully saturated rings. The van der Waals surface area contributed by atoms with Crippen molar-refractivity contribution < 1.29 is 4.39 Å². The lowest BCUT2D eigenvalue weighted by molar-refractivity contribution is 0.578. The summed E-state index contributed by atoms with van der Waals surface area (Å²) in [5.41, 5.74) is 11.6. The highest BCUT2D eigenvalue weighted by Gasteiger charge is 2.22. The highest BCUT2D eigenvalue weighted by molar-refractivity contribution is 5.90. The van der Waals surface area contributed by atoms with Crippen molar-refractivity contribution in [3.8, 4) is 17.1 Å². The Kier molecular flexibility index (Phi) is 6.98. The second-order valence-corrected chi connectivity index (χ2v) is 9.53. The van der Waals surface area contributed by atoms with Crippen molar-refractivity contribution in [3.63, 3.8) is 0 Å². The maximum absolute atomic E-state index is 14.5. The number of hydrogen-bond donors (Lipinski definition) is 1. The van der Waals surface area contributed by atoms with Gasteiger partial charge in [-0.3, -0.25) is 4.57 Å². The molecule has 0 aliphatic carbocycles. The number of rotatable bonds is 8. The average molecular weight is 472 g/mol. The van der Waals surface area contributed by atoms with Gasteiger partial charge in [-0.05, 0) is 74.1 Å². The molecule has 5 nitrogen and oxygen atoms in total. The van der Waals surface area contributed by atoms with E-state index in [1.807, 2.05) is 12.3 Å². The first-order valence-electron chi connectivity index (χ1n) is 12.9. The van der Waals surface area contributed by atoms with Crippen molar-refractivity contribution in [1.82, 2.24) is 14.5 Å². The quantitative estimate of drug-likeness (QED) is 0.224. The lowest BCUT2D eigenvalue weighted by Crippen LogP contribution is -2.29. The molecule has 182 valence electrons. The Balaban J connectivity index is 1.60. The number of anilines is 2. The van der Waals surface area contributed by atoms with Crippen molar-refractivity contribution in [2.24, 2.45) is 0 Å². The number of nitrogens with two attached hydrogens (primary N) is 1. The van der Waals surface area contributed by atoms with Crippen molar-refractivity contribution in [2.75, 3.05) is 23.7 Å². The number of nitrogen functional groups attached to an aromatic ring is 1. The lowest BCUT2D eigenvalue weighted by atomic mass is 10.1. The van der Waals surface area contributed by atoms with Gasteiger partial charge in [0.1, 0.15) is 17.2 Å². The first kappa shape index (κ1) is 23.3. The van der Waals surface area contributed by atoms with E-state index in [4.69, 9.17) is 15.7 Å². The number of aryl methyl sites for hydroxylation is 1. The fourth-order valence-electron chi connectivity index (χ4n) is 5.02. The maximum Gasteiger partial charge on any atom is 0.167 e. The second-order valence-electron chi connectivity index (χ2n) is 9.53. The van der Waals surface area contributed by atoms with Gasteiger partial charge >= 0.3 is 0 Å². The van der Waals surface area contributed by atoms with Crippen LogP contribution in [0.5, 0.6) is 0 Å². The summed E-state index contributed by atoms with van der Waals surface area (Å²) in [5.74, 6) is 0.235. The van der Waals surface area contributed by atoms with Gasteiger partial charge in [-0.15, -0.1) is 0 Å². The van der Waals surface area contributed by atoms with E-state index >= 15 is 0 Å². The molecule has 0 saturated carbocycles. The number of hydrogen-bond acceptors (Lipinski definition) is 4. The summed E-state index contributed by atoms with van der Waals surface area (Å²) in [7, 11) is 0. The minimum Gasteiger partial charge on any atom is -0.396 e. The summed E-state index contributed by atoms with van der Waals surface area (Å²) in [6.45, 7) is 4.27. The normalized spacial score (nSPS) is 14.1. The molecule has 3 heterocycles. The van der Waals surface area contributed by atoms with E-state index in [0.29, 0.717) is 11.4 Å². The number of fused-ring (bicyclic) bond motifs is 1. The molecule has 0 amide bonds. The molecule has 4 aromatic rings. The van der Waals surface area contributed by atoms with Crippen LogP contribution in [0.3, 0.4) is 0 Å². The van der Waals surface area contributed by atoms with Gasteiger partial charge in [-0.2, -0.15) is 0 Å². The Morgan fingerprint density at radius 2 is 1.74 bits per heavy atom. The second kappa shape index (κ2) is 10.5. The van der Waals surface area contributed by atoms with E-state index in [9.17, 15) is 4.39 Å². The summed E-state index contributed by atoms with van der Waals surface area (Å²) in [5, 5.41) is 0. The molecule has 1 aliphatic heterocycles. The molecule has 1 saturated heterocycles. The van der Waals surface area contributed by atoms with Crippen LogP contribution in [0.2, 0.25) is 0 Å². The van der Waals surface area contributed by atoms with Crippen molar-refractivity contribution >= 4 is 22.5 Å². The minimum absolute atomic E-state index is 0.135. The molecular weight excluding hydrogens is 437 g/mol. The van der Waals surface area contributed by atoms with Crippen LogP contribution >= 0.6 is 0 Å². The number of piperidine rings is 1. The molecular formula is C29H34FN5. The lowest BCUT2D eigenvalue weighted by Gasteiger charge is -2.28. The fourth-order valence-corrected chi connectivity index (χ4v) is 5.02. The Hall–Kier alpha value is -3.41. The number of benzene rings is 2. The molecule has 2 aromatic carbocycles. The zero-order chi connectivity index (χ0) is 24.2. The van der Waals surface area contributed by atoms with Gasteiger partial charge in [0, 0.05) is 30.5 Å². The van der Waals surface area contributed by atoms with Crippen LogP contribution in [0.25, 0.3) is 28.2 Å². The van der Waals surface area contributed by atoms with E-state index in [1.165, 1.54) is 56.6 Å².